The van der Waals surface area contributed by atoms with Crippen LogP contribution in [-0.2, 0) is 11.3 Å². The second-order valence-electron chi connectivity index (χ2n) is 3.20. The van der Waals surface area contributed by atoms with E-state index < -0.39 is 0 Å². The summed E-state index contributed by atoms with van der Waals surface area (Å²) in [5.74, 6) is -0.369. The van der Waals surface area contributed by atoms with Crippen molar-refractivity contribution in [2.75, 3.05) is 13.1 Å². The maximum atomic E-state index is 10.9. The fourth-order valence-electron chi connectivity index (χ4n) is 0.999. The van der Waals surface area contributed by atoms with Crippen LogP contribution in [0.5, 0.6) is 0 Å². The standard InChI is InChI=1S/C8H16N6OS/c1-3-10-4-5-14-8(11-12-13-14)16-6(2)7(9)15/h6,10H,3-5H2,1-2H3,(H2,9,15). The summed E-state index contributed by atoms with van der Waals surface area (Å²) in [6, 6.07) is 0. The van der Waals surface area contributed by atoms with E-state index in [0.717, 1.165) is 13.1 Å². The summed E-state index contributed by atoms with van der Waals surface area (Å²) >= 11 is 1.27. The minimum absolute atomic E-state index is 0.330. The molecule has 0 saturated carbocycles. The zero-order valence-corrected chi connectivity index (χ0v) is 10.2. The van der Waals surface area contributed by atoms with Gasteiger partial charge in [-0.1, -0.05) is 18.7 Å². The molecule has 0 spiro atoms. The number of likely N-dealkylation sites (N-methyl/N-ethyl adjacent to an activating group) is 1. The molecule has 0 aliphatic heterocycles. The molecule has 16 heavy (non-hydrogen) atoms. The van der Waals surface area contributed by atoms with Crippen LogP contribution < -0.4 is 11.1 Å². The minimum atomic E-state index is -0.369. The van der Waals surface area contributed by atoms with Crippen molar-refractivity contribution in [2.24, 2.45) is 5.73 Å². The summed E-state index contributed by atoms with van der Waals surface area (Å²) in [7, 11) is 0. The van der Waals surface area contributed by atoms with E-state index in [0.29, 0.717) is 11.7 Å². The topological polar surface area (TPSA) is 98.7 Å². The number of primary amides is 1. The minimum Gasteiger partial charge on any atom is -0.369 e. The number of thioether (sulfide) groups is 1. The zero-order valence-electron chi connectivity index (χ0n) is 9.38. The first-order chi connectivity index (χ1) is 7.65. The van der Waals surface area contributed by atoms with E-state index in [9.17, 15) is 4.79 Å². The molecule has 0 aromatic carbocycles. The molecule has 0 fully saturated rings. The van der Waals surface area contributed by atoms with Crippen LogP contribution in [0.3, 0.4) is 0 Å². The van der Waals surface area contributed by atoms with Crippen molar-refractivity contribution in [2.45, 2.75) is 30.8 Å². The first-order valence-corrected chi connectivity index (χ1v) is 5.96. The molecular formula is C8H16N6OS. The molecule has 0 bridgehead atoms. The number of carbonyl (C=O) groups excluding carboxylic acids is 1. The lowest BCUT2D eigenvalue weighted by atomic mass is 10.5. The number of amides is 1. The van der Waals surface area contributed by atoms with Gasteiger partial charge in [-0.05, 0) is 23.9 Å². The molecule has 0 radical (unpaired) electrons. The fraction of sp³-hybridized carbons (Fsp3) is 0.750. The smallest absolute Gasteiger partial charge is 0.230 e. The van der Waals surface area contributed by atoms with Gasteiger partial charge in [0, 0.05) is 6.54 Å². The monoisotopic (exact) mass is 244 g/mol. The second kappa shape index (κ2) is 6.44. The van der Waals surface area contributed by atoms with Gasteiger partial charge >= 0.3 is 0 Å². The lowest BCUT2D eigenvalue weighted by molar-refractivity contribution is -0.117. The molecule has 8 heteroatoms. The predicted octanol–water partition coefficient (Wildman–Crippen LogP) is -0.751. The molecule has 0 saturated heterocycles. The molecule has 1 aromatic heterocycles. The van der Waals surface area contributed by atoms with Crippen molar-refractivity contribution in [3.05, 3.63) is 0 Å². The fourth-order valence-corrected chi connectivity index (χ4v) is 1.76. The van der Waals surface area contributed by atoms with Crippen LogP contribution in [0.25, 0.3) is 0 Å². The molecule has 1 unspecified atom stereocenters. The molecule has 1 amide bonds. The predicted molar refractivity (Wildman–Crippen MR) is 60.9 cm³/mol. The molecule has 1 heterocycles. The number of hydrogen-bond acceptors (Lipinski definition) is 6. The number of rotatable bonds is 7. The average molecular weight is 244 g/mol. The van der Waals surface area contributed by atoms with Crippen LogP contribution in [0, 0.1) is 0 Å². The maximum absolute atomic E-state index is 10.9. The van der Waals surface area contributed by atoms with E-state index in [1.54, 1.807) is 11.6 Å². The maximum Gasteiger partial charge on any atom is 0.230 e. The Hall–Kier alpha value is -1.15. The first kappa shape index (κ1) is 12.9. The summed E-state index contributed by atoms with van der Waals surface area (Å²) in [6.45, 7) is 6.14. The Labute approximate surface area is 98.1 Å². The highest BCUT2D eigenvalue weighted by atomic mass is 32.2. The SMILES string of the molecule is CCNCCn1nnnc1SC(C)C(N)=O. The number of nitrogens with two attached hydrogens (primary N) is 1. The van der Waals surface area contributed by atoms with E-state index in [2.05, 4.69) is 20.8 Å². The first-order valence-electron chi connectivity index (χ1n) is 5.08. The number of hydrogen-bond donors (Lipinski definition) is 2. The van der Waals surface area contributed by atoms with E-state index >= 15 is 0 Å². The third kappa shape index (κ3) is 3.78. The van der Waals surface area contributed by atoms with Gasteiger partial charge < -0.3 is 11.1 Å². The van der Waals surface area contributed by atoms with Crippen LogP contribution in [0.15, 0.2) is 5.16 Å². The van der Waals surface area contributed by atoms with Gasteiger partial charge in [-0.25, -0.2) is 4.68 Å². The van der Waals surface area contributed by atoms with Gasteiger partial charge in [-0.2, -0.15) is 0 Å². The Bertz CT molecular complexity index is 341. The van der Waals surface area contributed by atoms with Gasteiger partial charge in [0.25, 0.3) is 0 Å². The molecule has 3 N–H and O–H groups in total. The number of carbonyl (C=O) groups is 1. The van der Waals surface area contributed by atoms with Gasteiger partial charge in [0.2, 0.25) is 11.1 Å². The van der Waals surface area contributed by atoms with Crippen molar-refractivity contribution >= 4 is 17.7 Å². The van der Waals surface area contributed by atoms with Crippen LogP contribution in [-0.4, -0.2) is 44.5 Å². The summed E-state index contributed by atoms with van der Waals surface area (Å²) in [5, 5.41) is 14.7. The van der Waals surface area contributed by atoms with Crippen LogP contribution in [0.1, 0.15) is 13.8 Å². The molecule has 7 nitrogen and oxygen atoms in total. The molecule has 90 valence electrons. The van der Waals surface area contributed by atoms with Crippen molar-refractivity contribution in [1.82, 2.24) is 25.5 Å². The van der Waals surface area contributed by atoms with E-state index in [-0.39, 0.29) is 11.2 Å². The van der Waals surface area contributed by atoms with Crippen LogP contribution in [0.2, 0.25) is 0 Å². The molecular weight excluding hydrogens is 228 g/mol. The van der Waals surface area contributed by atoms with Crippen molar-refractivity contribution < 1.29 is 4.79 Å². The zero-order chi connectivity index (χ0) is 12.0. The molecule has 1 atom stereocenters. The molecule has 1 rings (SSSR count). The number of tetrazole rings is 1. The molecule has 0 aliphatic rings. The van der Waals surface area contributed by atoms with Gasteiger partial charge in [0.1, 0.15) is 0 Å². The van der Waals surface area contributed by atoms with Crippen LogP contribution in [0.4, 0.5) is 0 Å². The van der Waals surface area contributed by atoms with E-state index in [4.69, 9.17) is 5.73 Å². The Morgan fingerprint density at radius 3 is 3.06 bits per heavy atom. The average Bonchev–Trinajstić information content (AvgIpc) is 2.66. The lowest BCUT2D eigenvalue weighted by Crippen LogP contribution is -2.24. The quantitative estimate of drug-likeness (QED) is 0.483. The van der Waals surface area contributed by atoms with E-state index in [1.807, 2.05) is 6.92 Å². The highest BCUT2D eigenvalue weighted by Crippen LogP contribution is 2.19. The summed E-state index contributed by atoms with van der Waals surface area (Å²) in [6.07, 6.45) is 0. The number of aromatic nitrogens is 4. The lowest BCUT2D eigenvalue weighted by Gasteiger charge is -2.07. The van der Waals surface area contributed by atoms with Gasteiger partial charge in [-0.15, -0.1) is 5.10 Å². The number of nitrogens with zero attached hydrogens (tertiary/aromatic N) is 4. The van der Waals surface area contributed by atoms with Gasteiger partial charge in [0.05, 0.1) is 11.8 Å². The van der Waals surface area contributed by atoms with Crippen molar-refractivity contribution in [3.63, 3.8) is 0 Å². The van der Waals surface area contributed by atoms with Crippen molar-refractivity contribution in [3.8, 4) is 0 Å². The third-order valence-corrected chi connectivity index (χ3v) is 3.02. The summed E-state index contributed by atoms with van der Waals surface area (Å²) in [4.78, 5) is 10.9. The number of nitrogens with one attached hydrogen (secondary N) is 1. The van der Waals surface area contributed by atoms with E-state index in [1.165, 1.54) is 11.8 Å². The molecule has 0 aliphatic carbocycles. The van der Waals surface area contributed by atoms with Gasteiger partial charge in [0.15, 0.2) is 0 Å². The highest BCUT2D eigenvalue weighted by Gasteiger charge is 2.15. The van der Waals surface area contributed by atoms with Gasteiger partial charge in [-0.3, -0.25) is 4.79 Å². The second-order valence-corrected chi connectivity index (χ2v) is 4.51. The Morgan fingerprint density at radius 2 is 2.44 bits per heavy atom. The van der Waals surface area contributed by atoms with Crippen LogP contribution >= 0.6 is 11.8 Å². The summed E-state index contributed by atoms with van der Waals surface area (Å²) < 4.78 is 1.66. The summed E-state index contributed by atoms with van der Waals surface area (Å²) in [5.41, 5.74) is 5.17. The normalized spacial score (nSPS) is 12.6. The Morgan fingerprint density at radius 1 is 1.69 bits per heavy atom. The van der Waals surface area contributed by atoms with Crippen molar-refractivity contribution in [1.29, 1.82) is 0 Å². The molecule has 1 aromatic rings. The largest absolute Gasteiger partial charge is 0.369 e. The Balaban J connectivity index is 2.53. The third-order valence-electron chi connectivity index (χ3n) is 1.93. The highest BCUT2D eigenvalue weighted by molar-refractivity contribution is 8.00. The Kier molecular flexibility index (Phi) is 5.20.